The Morgan fingerprint density at radius 2 is 1.94 bits per heavy atom. The minimum absolute atomic E-state index is 0.0192. The number of aromatic nitrogens is 2. The number of fused-ring (bicyclic) bond motifs is 1. The predicted molar refractivity (Wildman–Crippen MR) is 124 cm³/mol. The van der Waals surface area contributed by atoms with Crippen LogP contribution in [0.2, 0.25) is 0 Å². The van der Waals surface area contributed by atoms with Gasteiger partial charge in [-0.3, -0.25) is 4.79 Å². The number of para-hydroxylation sites is 1. The quantitative estimate of drug-likeness (QED) is 0.655. The normalized spacial score (nSPS) is 19.4. The summed E-state index contributed by atoms with van der Waals surface area (Å²) in [7, 11) is 0. The zero-order valence-electron chi connectivity index (χ0n) is 18.3. The average Bonchev–Trinajstić information content (AvgIpc) is 3.34. The Morgan fingerprint density at radius 1 is 1.12 bits per heavy atom. The van der Waals surface area contributed by atoms with E-state index in [0.29, 0.717) is 18.0 Å². The summed E-state index contributed by atoms with van der Waals surface area (Å²) < 4.78 is 5.51. The molecule has 2 aliphatic rings. The van der Waals surface area contributed by atoms with Crippen molar-refractivity contribution < 1.29 is 14.6 Å². The van der Waals surface area contributed by atoms with Crippen molar-refractivity contribution in [2.24, 2.45) is 0 Å². The molecule has 0 spiro atoms. The fraction of sp³-hybridized carbons (Fsp3) is 0.400. The monoisotopic (exact) mass is 432 g/mol. The van der Waals surface area contributed by atoms with Gasteiger partial charge in [0.1, 0.15) is 17.7 Å². The van der Waals surface area contributed by atoms with Crippen LogP contribution in [-0.2, 0) is 9.53 Å². The highest BCUT2D eigenvalue weighted by atomic mass is 16.5. The van der Waals surface area contributed by atoms with E-state index in [1.807, 2.05) is 19.1 Å². The van der Waals surface area contributed by atoms with Gasteiger partial charge in [0.15, 0.2) is 5.82 Å². The number of phenols is 1. The molecule has 32 heavy (non-hydrogen) atoms. The summed E-state index contributed by atoms with van der Waals surface area (Å²) in [6.45, 7) is 4.30. The van der Waals surface area contributed by atoms with Gasteiger partial charge in [-0.25, -0.2) is 9.97 Å². The molecular formula is C25H28N4O3. The van der Waals surface area contributed by atoms with Crippen LogP contribution in [0.4, 0.5) is 5.82 Å². The van der Waals surface area contributed by atoms with Crippen molar-refractivity contribution in [2.45, 2.75) is 44.8 Å². The van der Waals surface area contributed by atoms with E-state index in [-0.39, 0.29) is 23.8 Å². The molecule has 1 aromatic heterocycles. The predicted octanol–water partition coefficient (Wildman–Crippen LogP) is 3.57. The van der Waals surface area contributed by atoms with Crippen molar-refractivity contribution in [3.05, 3.63) is 48.0 Å². The number of carbonyl (C=O) groups is 1. The summed E-state index contributed by atoms with van der Waals surface area (Å²) in [6, 6.07) is 13.5. The van der Waals surface area contributed by atoms with E-state index < -0.39 is 0 Å². The Bertz CT molecular complexity index is 1140. The first-order valence-electron chi connectivity index (χ1n) is 11.3. The Balaban J connectivity index is 1.40. The molecule has 7 heteroatoms. The number of hydrogen-bond acceptors (Lipinski definition) is 6. The first-order valence-corrected chi connectivity index (χ1v) is 11.3. The van der Waals surface area contributed by atoms with Gasteiger partial charge in [-0.15, -0.1) is 0 Å². The van der Waals surface area contributed by atoms with Gasteiger partial charge < -0.3 is 20.1 Å². The number of nitrogens with zero attached hydrogens (tertiary/aromatic N) is 3. The Labute approximate surface area is 187 Å². The van der Waals surface area contributed by atoms with E-state index in [2.05, 4.69) is 28.4 Å². The van der Waals surface area contributed by atoms with Gasteiger partial charge in [-0.2, -0.15) is 0 Å². The van der Waals surface area contributed by atoms with Gasteiger partial charge in [0, 0.05) is 31.1 Å². The molecule has 2 fully saturated rings. The number of amides is 1. The maximum Gasteiger partial charge on any atom is 0.249 e. The van der Waals surface area contributed by atoms with Gasteiger partial charge >= 0.3 is 0 Å². The molecule has 1 atom stereocenters. The maximum absolute atomic E-state index is 12.4. The Morgan fingerprint density at radius 3 is 2.69 bits per heavy atom. The lowest BCUT2D eigenvalue weighted by Gasteiger charge is -2.34. The minimum atomic E-state index is -0.289. The lowest BCUT2D eigenvalue weighted by molar-refractivity contribution is -0.130. The minimum Gasteiger partial charge on any atom is -0.507 e. The molecule has 0 aliphatic carbocycles. The van der Waals surface area contributed by atoms with Crippen molar-refractivity contribution >= 4 is 22.6 Å². The molecule has 3 heterocycles. The third-order valence-electron chi connectivity index (χ3n) is 6.34. The maximum atomic E-state index is 12.4. The largest absolute Gasteiger partial charge is 0.507 e. The summed E-state index contributed by atoms with van der Waals surface area (Å²) in [4.78, 5) is 24.3. The van der Waals surface area contributed by atoms with Gasteiger partial charge in [0.2, 0.25) is 5.91 Å². The number of phenolic OH excluding ortho intramolecular Hbond substituents is 1. The number of ether oxygens (including phenoxy) is 1. The molecule has 1 amide bonds. The number of piperidine rings is 1. The highest BCUT2D eigenvalue weighted by Crippen LogP contribution is 2.33. The first-order chi connectivity index (χ1) is 15.6. The number of aryl methyl sites for hydroxylation is 1. The van der Waals surface area contributed by atoms with Gasteiger partial charge in [-0.1, -0.05) is 18.2 Å². The fourth-order valence-corrected chi connectivity index (χ4v) is 4.56. The van der Waals surface area contributed by atoms with Crippen LogP contribution in [-0.4, -0.2) is 52.8 Å². The SMILES string of the molecule is Cc1ccc2c(N3CCC(NC(=O)[C@H]4CCCO4)CC3)nc(-c3ccccc3O)nc2c1. The van der Waals surface area contributed by atoms with Gasteiger partial charge in [-0.05, 0) is 62.4 Å². The van der Waals surface area contributed by atoms with Crippen LogP contribution >= 0.6 is 0 Å². The smallest absolute Gasteiger partial charge is 0.249 e. The van der Waals surface area contributed by atoms with E-state index >= 15 is 0 Å². The Hall–Kier alpha value is -3.19. The molecule has 0 bridgehead atoms. The molecule has 5 rings (SSSR count). The number of benzene rings is 2. The zero-order valence-corrected chi connectivity index (χ0v) is 18.3. The van der Waals surface area contributed by atoms with E-state index in [0.717, 1.165) is 61.1 Å². The molecule has 2 saturated heterocycles. The van der Waals surface area contributed by atoms with Crippen LogP contribution in [0, 0.1) is 6.92 Å². The molecule has 0 saturated carbocycles. The lowest BCUT2D eigenvalue weighted by atomic mass is 10.0. The second kappa shape index (κ2) is 8.74. The summed E-state index contributed by atoms with van der Waals surface area (Å²) in [6.07, 6.45) is 3.18. The number of rotatable bonds is 4. The molecule has 2 N–H and O–H groups in total. The zero-order chi connectivity index (χ0) is 22.1. The van der Waals surface area contributed by atoms with Crippen LogP contribution in [0.5, 0.6) is 5.75 Å². The molecule has 2 aliphatic heterocycles. The standard InChI is InChI=1S/C25H28N4O3/c1-16-8-9-18-20(15-16)27-23(19-5-2-3-6-21(19)30)28-24(18)29-12-10-17(11-13-29)26-25(31)22-7-4-14-32-22/h2-3,5-6,8-9,15,17,22,30H,4,7,10-14H2,1H3,(H,26,31)/t22-/m1/s1. The second-order valence-electron chi connectivity index (χ2n) is 8.68. The molecule has 166 valence electrons. The lowest BCUT2D eigenvalue weighted by Crippen LogP contribution is -2.47. The van der Waals surface area contributed by atoms with Crippen molar-refractivity contribution in [3.63, 3.8) is 0 Å². The number of anilines is 1. The summed E-state index contributed by atoms with van der Waals surface area (Å²) in [5.41, 5.74) is 2.61. The van der Waals surface area contributed by atoms with Crippen molar-refractivity contribution in [3.8, 4) is 17.1 Å². The number of hydrogen-bond donors (Lipinski definition) is 2. The summed E-state index contributed by atoms with van der Waals surface area (Å²) >= 11 is 0. The third kappa shape index (κ3) is 4.12. The summed E-state index contributed by atoms with van der Waals surface area (Å²) in [5, 5.41) is 14.5. The van der Waals surface area contributed by atoms with Crippen LogP contribution in [0.3, 0.4) is 0 Å². The first kappa shape index (κ1) is 20.7. The molecular weight excluding hydrogens is 404 g/mol. The average molecular weight is 433 g/mol. The molecule has 0 unspecified atom stereocenters. The van der Waals surface area contributed by atoms with Gasteiger partial charge in [0.05, 0.1) is 11.1 Å². The van der Waals surface area contributed by atoms with Crippen molar-refractivity contribution in [1.82, 2.24) is 15.3 Å². The van der Waals surface area contributed by atoms with Crippen molar-refractivity contribution in [2.75, 3.05) is 24.6 Å². The number of carbonyl (C=O) groups excluding carboxylic acids is 1. The van der Waals surface area contributed by atoms with Crippen LogP contribution in [0.25, 0.3) is 22.3 Å². The highest BCUT2D eigenvalue weighted by molar-refractivity contribution is 5.92. The van der Waals surface area contributed by atoms with Crippen molar-refractivity contribution in [1.29, 1.82) is 0 Å². The third-order valence-corrected chi connectivity index (χ3v) is 6.34. The van der Waals surface area contributed by atoms with E-state index in [1.165, 1.54) is 0 Å². The van der Waals surface area contributed by atoms with Crippen LogP contribution < -0.4 is 10.2 Å². The fourth-order valence-electron chi connectivity index (χ4n) is 4.56. The van der Waals surface area contributed by atoms with E-state index in [1.54, 1.807) is 12.1 Å². The molecule has 2 aromatic carbocycles. The van der Waals surface area contributed by atoms with E-state index in [4.69, 9.17) is 14.7 Å². The summed E-state index contributed by atoms with van der Waals surface area (Å²) in [5.74, 6) is 1.58. The molecule has 3 aromatic rings. The number of aromatic hydroxyl groups is 1. The Kier molecular flexibility index (Phi) is 5.66. The molecule has 7 nitrogen and oxygen atoms in total. The van der Waals surface area contributed by atoms with E-state index in [9.17, 15) is 9.90 Å². The number of nitrogens with one attached hydrogen (secondary N) is 1. The highest BCUT2D eigenvalue weighted by Gasteiger charge is 2.28. The topological polar surface area (TPSA) is 87.6 Å². The van der Waals surface area contributed by atoms with Crippen LogP contribution in [0.15, 0.2) is 42.5 Å². The molecule has 0 radical (unpaired) electrons. The van der Waals surface area contributed by atoms with Crippen LogP contribution in [0.1, 0.15) is 31.2 Å². The van der Waals surface area contributed by atoms with Gasteiger partial charge in [0.25, 0.3) is 0 Å². The second-order valence-corrected chi connectivity index (χ2v) is 8.68.